The van der Waals surface area contributed by atoms with Crippen molar-refractivity contribution in [1.29, 1.82) is 0 Å². The molecule has 0 saturated carbocycles. The van der Waals surface area contributed by atoms with Gasteiger partial charge in [-0.25, -0.2) is 9.98 Å². The maximum atomic E-state index is 5.69. The van der Waals surface area contributed by atoms with Gasteiger partial charge in [0, 0.05) is 12.8 Å². The number of hydrogen-bond acceptors (Lipinski definition) is 4. The summed E-state index contributed by atoms with van der Waals surface area (Å²) >= 11 is 0. The molecule has 2 atom stereocenters. The summed E-state index contributed by atoms with van der Waals surface area (Å²) in [7, 11) is 0. The average Bonchev–Trinajstić information content (AvgIpc) is 2.94. The van der Waals surface area contributed by atoms with Crippen LogP contribution < -0.4 is 0 Å². The number of ether oxygens (including phenoxy) is 2. The maximum absolute atomic E-state index is 5.69. The summed E-state index contributed by atoms with van der Waals surface area (Å²) < 4.78 is 11.4. The Labute approximate surface area is 122 Å². The van der Waals surface area contributed by atoms with Crippen molar-refractivity contribution in [3.63, 3.8) is 0 Å². The van der Waals surface area contributed by atoms with Crippen molar-refractivity contribution in [2.45, 2.75) is 66.5 Å². The molecule has 2 heterocycles. The minimum Gasteiger partial charge on any atom is -0.479 e. The van der Waals surface area contributed by atoms with Crippen LogP contribution in [0.15, 0.2) is 9.98 Å². The zero-order chi connectivity index (χ0) is 15.0. The van der Waals surface area contributed by atoms with Gasteiger partial charge in [0.25, 0.3) is 0 Å². The average molecular weight is 280 g/mol. The predicted octanol–water partition coefficient (Wildman–Crippen LogP) is 3.45. The molecule has 0 aromatic carbocycles. The molecule has 0 fully saturated rings. The van der Waals surface area contributed by atoms with Crippen LogP contribution in [0, 0.1) is 10.8 Å². The highest BCUT2D eigenvalue weighted by Gasteiger charge is 2.32. The van der Waals surface area contributed by atoms with Crippen molar-refractivity contribution in [3.8, 4) is 0 Å². The third kappa shape index (κ3) is 3.74. The molecular weight excluding hydrogens is 252 g/mol. The molecule has 0 aliphatic carbocycles. The molecule has 0 bridgehead atoms. The molecule has 0 radical (unpaired) electrons. The standard InChI is InChI=1S/C16H28N2O2/c1-15(2,3)11-9-19-13(17-11)7-8-14-18-12(10-20-14)16(4,5)6/h11-12H,7-10H2,1-6H3/t11-,12-/m1/s1. The van der Waals surface area contributed by atoms with E-state index in [9.17, 15) is 0 Å². The van der Waals surface area contributed by atoms with Crippen LogP contribution in [0.5, 0.6) is 0 Å². The largest absolute Gasteiger partial charge is 0.479 e. The lowest BCUT2D eigenvalue weighted by molar-refractivity contribution is 0.229. The zero-order valence-corrected chi connectivity index (χ0v) is 13.7. The molecular formula is C16H28N2O2. The second-order valence-electron chi connectivity index (χ2n) is 7.93. The van der Waals surface area contributed by atoms with E-state index >= 15 is 0 Å². The zero-order valence-electron chi connectivity index (χ0n) is 13.7. The van der Waals surface area contributed by atoms with Crippen molar-refractivity contribution >= 4 is 11.8 Å². The fourth-order valence-electron chi connectivity index (χ4n) is 2.22. The van der Waals surface area contributed by atoms with E-state index in [-0.39, 0.29) is 22.9 Å². The fourth-order valence-corrected chi connectivity index (χ4v) is 2.22. The van der Waals surface area contributed by atoms with Gasteiger partial charge < -0.3 is 9.47 Å². The van der Waals surface area contributed by atoms with Gasteiger partial charge in [-0.1, -0.05) is 41.5 Å². The van der Waals surface area contributed by atoms with Crippen molar-refractivity contribution in [2.24, 2.45) is 20.8 Å². The topological polar surface area (TPSA) is 43.2 Å². The van der Waals surface area contributed by atoms with Crippen LogP contribution in [0.25, 0.3) is 0 Å². The van der Waals surface area contributed by atoms with Gasteiger partial charge in [0.05, 0.1) is 12.1 Å². The van der Waals surface area contributed by atoms with E-state index in [0.29, 0.717) is 13.2 Å². The Morgan fingerprint density at radius 1 is 0.800 bits per heavy atom. The van der Waals surface area contributed by atoms with Crippen molar-refractivity contribution < 1.29 is 9.47 Å². The lowest BCUT2D eigenvalue weighted by Crippen LogP contribution is -2.25. The third-order valence-electron chi connectivity index (χ3n) is 3.97. The van der Waals surface area contributed by atoms with Gasteiger partial charge >= 0.3 is 0 Å². The fraction of sp³-hybridized carbons (Fsp3) is 0.875. The molecule has 0 unspecified atom stereocenters. The molecule has 2 aliphatic rings. The van der Waals surface area contributed by atoms with Crippen LogP contribution in [0.4, 0.5) is 0 Å². The second-order valence-corrected chi connectivity index (χ2v) is 7.93. The van der Waals surface area contributed by atoms with Gasteiger partial charge in [-0.2, -0.15) is 0 Å². The highest BCUT2D eigenvalue weighted by atomic mass is 16.5. The number of hydrogen-bond donors (Lipinski definition) is 0. The molecule has 114 valence electrons. The van der Waals surface area contributed by atoms with Crippen LogP contribution in [-0.2, 0) is 9.47 Å². The van der Waals surface area contributed by atoms with E-state index in [2.05, 4.69) is 51.5 Å². The Kier molecular flexibility index (Phi) is 4.12. The van der Waals surface area contributed by atoms with Gasteiger partial charge in [-0.3, -0.25) is 0 Å². The lowest BCUT2D eigenvalue weighted by Gasteiger charge is -2.22. The van der Waals surface area contributed by atoms with E-state index in [1.807, 2.05) is 0 Å². The van der Waals surface area contributed by atoms with Gasteiger partial charge in [0.1, 0.15) is 13.2 Å². The summed E-state index contributed by atoms with van der Waals surface area (Å²) in [4.78, 5) is 9.34. The molecule has 0 spiro atoms. The van der Waals surface area contributed by atoms with Crippen molar-refractivity contribution in [1.82, 2.24) is 0 Å². The first-order valence-corrected chi connectivity index (χ1v) is 7.55. The molecule has 0 amide bonds. The summed E-state index contributed by atoms with van der Waals surface area (Å²) in [5, 5.41) is 0. The number of aliphatic imine (C=N–C) groups is 2. The van der Waals surface area contributed by atoms with Crippen molar-refractivity contribution in [3.05, 3.63) is 0 Å². The van der Waals surface area contributed by atoms with E-state index < -0.39 is 0 Å². The smallest absolute Gasteiger partial charge is 0.184 e. The highest BCUT2D eigenvalue weighted by Crippen LogP contribution is 2.28. The van der Waals surface area contributed by atoms with Gasteiger partial charge in [-0.15, -0.1) is 0 Å². The Morgan fingerprint density at radius 3 is 1.40 bits per heavy atom. The third-order valence-corrected chi connectivity index (χ3v) is 3.97. The molecule has 4 nitrogen and oxygen atoms in total. The molecule has 0 N–H and O–H groups in total. The minimum absolute atomic E-state index is 0.167. The normalized spacial score (nSPS) is 26.9. The molecule has 0 aromatic rings. The summed E-state index contributed by atoms with van der Waals surface area (Å²) in [5.74, 6) is 1.71. The number of rotatable bonds is 3. The molecule has 2 rings (SSSR count). The second kappa shape index (κ2) is 5.38. The van der Waals surface area contributed by atoms with Crippen LogP contribution in [0.1, 0.15) is 54.4 Å². The first-order valence-electron chi connectivity index (χ1n) is 7.55. The van der Waals surface area contributed by atoms with Crippen LogP contribution in [0.2, 0.25) is 0 Å². The first kappa shape index (κ1) is 15.3. The maximum Gasteiger partial charge on any atom is 0.184 e. The quantitative estimate of drug-likeness (QED) is 0.794. The lowest BCUT2D eigenvalue weighted by atomic mass is 9.88. The minimum atomic E-state index is 0.167. The predicted molar refractivity (Wildman–Crippen MR) is 82.5 cm³/mol. The number of nitrogens with zero attached hydrogens (tertiary/aromatic N) is 2. The monoisotopic (exact) mass is 280 g/mol. The van der Waals surface area contributed by atoms with Gasteiger partial charge in [0.15, 0.2) is 11.8 Å². The van der Waals surface area contributed by atoms with Crippen molar-refractivity contribution in [2.75, 3.05) is 13.2 Å². The SMILES string of the molecule is CC(C)(C)[C@H]1COC(CCC2=N[C@@H](C(C)(C)C)CO2)=N1. The van der Waals surface area contributed by atoms with E-state index in [1.54, 1.807) is 0 Å². The van der Waals surface area contributed by atoms with Crippen LogP contribution in [0.3, 0.4) is 0 Å². The molecule has 2 aliphatic heterocycles. The van der Waals surface area contributed by atoms with Gasteiger partial charge in [0.2, 0.25) is 0 Å². The van der Waals surface area contributed by atoms with Gasteiger partial charge in [-0.05, 0) is 10.8 Å². The first-order chi connectivity index (χ1) is 9.16. The molecule has 0 saturated heterocycles. The van der Waals surface area contributed by atoms with Crippen LogP contribution in [-0.4, -0.2) is 37.1 Å². The highest BCUT2D eigenvalue weighted by molar-refractivity contribution is 5.85. The Bertz CT molecular complexity index is 373. The Balaban J connectivity index is 1.86. The summed E-state index contributed by atoms with van der Waals surface area (Å²) in [5.41, 5.74) is 0.334. The molecule has 20 heavy (non-hydrogen) atoms. The molecule has 4 heteroatoms. The van der Waals surface area contributed by atoms with E-state index in [1.165, 1.54) is 0 Å². The Hall–Kier alpha value is -1.06. The van der Waals surface area contributed by atoms with E-state index in [4.69, 9.17) is 9.47 Å². The summed E-state index contributed by atoms with van der Waals surface area (Å²) in [6, 6.07) is 0.539. The van der Waals surface area contributed by atoms with E-state index in [0.717, 1.165) is 24.6 Å². The van der Waals surface area contributed by atoms with Crippen LogP contribution >= 0.6 is 0 Å². The molecule has 0 aromatic heterocycles. The Morgan fingerprint density at radius 2 is 1.15 bits per heavy atom. The summed E-state index contributed by atoms with van der Waals surface area (Å²) in [6.07, 6.45) is 1.59. The summed E-state index contributed by atoms with van der Waals surface area (Å²) in [6.45, 7) is 14.6.